The lowest BCUT2D eigenvalue weighted by Crippen LogP contribution is -2.50. The van der Waals surface area contributed by atoms with E-state index in [1.165, 1.54) is 11.1 Å². The summed E-state index contributed by atoms with van der Waals surface area (Å²) in [6, 6.07) is 16.1. The third-order valence-electron chi connectivity index (χ3n) is 6.03. The fourth-order valence-electron chi connectivity index (χ4n) is 4.34. The summed E-state index contributed by atoms with van der Waals surface area (Å²) < 4.78 is 5.79. The standard InChI is InChI=1S/C24H30ClN3O2/c25-20-8-10-21(11-9-20)30-17-16-27-12-14-28(15-13-27)18-24(29)26-23-7-3-5-19-4-1-2-6-22(19)23/h1-2,4,6,8-11,23H,3,5,7,12-18H2,(H,26,29)/t23-/m0/s1. The van der Waals surface area contributed by atoms with Crippen molar-refractivity contribution in [2.75, 3.05) is 45.9 Å². The van der Waals surface area contributed by atoms with Crippen molar-refractivity contribution in [2.24, 2.45) is 0 Å². The lowest BCUT2D eigenvalue weighted by molar-refractivity contribution is -0.123. The van der Waals surface area contributed by atoms with Crippen molar-refractivity contribution < 1.29 is 9.53 Å². The van der Waals surface area contributed by atoms with Gasteiger partial charge in [0.2, 0.25) is 5.91 Å². The molecule has 0 unspecified atom stereocenters. The van der Waals surface area contributed by atoms with Gasteiger partial charge in [-0.25, -0.2) is 0 Å². The van der Waals surface area contributed by atoms with Gasteiger partial charge in [0, 0.05) is 37.7 Å². The molecule has 0 spiro atoms. The summed E-state index contributed by atoms with van der Waals surface area (Å²) >= 11 is 5.90. The monoisotopic (exact) mass is 427 g/mol. The van der Waals surface area contributed by atoms with Crippen LogP contribution in [0.25, 0.3) is 0 Å². The minimum absolute atomic E-state index is 0.135. The topological polar surface area (TPSA) is 44.8 Å². The van der Waals surface area contributed by atoms with Crippen LogP contribution >= 0.6 is 11.6 Å². The van der Waals surface area contributed by atoms with Crippen LogP contribution in [0.2, 0.25) is 5.02 Å². The first-order valence-corrected chi connectivity index (χ1v) is 11.3. The van der Waals surface area contributed by atoms with E-state index in [9.17, 15) is 4.79 Å². The Bertz CT molecular complexity index is 835. The number of aryl methyl sites for hydroxylation is 1. The molecule has 1 amide bonds. The third kappa shape index (κ3) is 5.75. The molecular weight excluding hydrogens is 398 g/mol. The van der Waals surface area contributed by atoms with Crippen LogP contribution in [0, 0.1) is 0 Å². The molecule has 0 saturated carbocycles. The number of amides is 1. The van der Waals surface area contributed by atoms with E-state index in [0.717, 1.165) is 62.8 Å². The molecule has 2 aromatic rings. The summed E-state index contributed by atoms with van der Waals surface area (Å²) in [5.41, 5.74) is 2.67. The maximum absolute atomic E-state index is 12.6. The molecule has 1 atom stereocenters. The van der Waals surface area contributed by atoms with Gasteiger partial charge in [-0.1, -0.05) is 35.9 Å². The third-order valence-corrected chi connectivity index (χ3v) is 6.28. The Hall–Kier alpha value is -2.08. The van der Waals surface area contributed by atoms with Crippen LogP contribution in [0.15, 0.2) is 48.5 Å². The summed E-state index contributed by atoms with van der Waals surface area (Å²) in [5.74, 6) is 0.982. The lowest BCUT2D eigenvalue weighted by atomic mass is 9.88. The lowest BCUT2D eigenvalue weighted by Gasteiger charge is -2.34. The van der Waals surface area contributed by atoms with Gasteiger partial charge in [-0.15, -0.1) is 0 Å². The molecular formula is C24H30ClN3O2. The molecule has 30 heavy (non-hydrogen) atoms. The first kappa shape index (κ1) is 21.2. The van der Waals surface area contributed by atoms with Gasteiger partial charge >= 0.3 is 0 Å². The van der Waals surface area contributed by atoms with Crippen molar-refractivity contribution in [3.63, 3.8) is 0 Å². The molecule has 0 radical (unpaired) electrons. The van der Waals surface area contributed by atoms with Gasteiger partial charge in [0.05, 0.1) is 12.6 Å². The number of nitrogens with zero attached hydrogens (tertiary/aromatic N) is 2. The average Bonchev–Trinajstić information content (AvgIpc) is 2.77. The number of nitrogens with one attached hydrogen (secondary N) is 1. The predicted octanol–water partition coefficient (Wildman–Crippen LogP) is 3.53. The van der Waals surface area contributed by atoms with Gasteiger partial charge in [-0.3, -0.25) is 14.6 Å². The van der Waals surface area contributed by atoms with Crippen molar-refractivity contribution in [1.82, 2.24) is 15.1 Å². The highest BCUT2D eigenvalue weighted by molar-refractivity contribution is 6.30. The van der Waals surface area contributed by atoms with E-state index in [1.807, 2.05) is 24.3 Å². The zero-order valence-corrected chi connectivity index (χ0v) is 18.1. The van der Waals surface area contributed by atoms with E-state index in [-0.39, 0.29) is 11.9 Å². The SMILES string of the molecule is O=C(CN1CCN(CCOc2ccc(Cl)cc2)CC1)N[C@H]1CCCc2ccccc21. The summed E-state index contributed by atoms with van der Waals surface area (Å²) in [4.78, 5) is 17.3. The Morgan fingerprint density at radius 1 is 1.03 bits per heavy atom. The van der Waals surface area contributed by atoms with E-state index in [0.29, 0.717) is 13.2 Å². The highest BCUT2D eigenvalue weighted by Gasteiger charge is 2.23. The second kappa shape index (κ2) is 10.3. The summed E-state index contributed by atoms with van der Waals surface area (Å²) in [6.07, 6.45) is 3.29. The van der Waals surface area contributed by atoms with Crippen molar-refractivity contribution >= 4 is 17.5 Å². The average molecular weight is 428 g/mol. The second-order valence-corrected chi connectivity index (χ2v) is 8.57. The van der Waals surface area contributed by atoms with Crippen LogP contribution in [0.4, 0.5) is 0 Å². The maximum Gasteiger partial charge on any atom is 0.234 e. The van der Waals surface area contributed by atoms with E-state index in [1.54, 1.807) is 0 Å². The molecule has 2 aromatic carbocycles. The fraction of sp³-hybridized carbons (Fsp3) is 0.458. The first-order chi connectivity index (χ1) is 14.7. The molecule has 1 fully saturated rings. The van der Waals surface area contributed by atoms with Crippen molar-refractivity contribution in [2.45, 2.75) is 25.3 Å². The van der Waals surface area contributed by atoms with E-state index >= 15 is 0 Å². The Labute approximate surface area is 184 Å². The highest BCUT2D eigenvalue weighted by Crippen LogP contribution is 2.29. The molecule has 1 N–H and O–H groups in total. The second-order valence-electron chi connectivity index (χ2n) is 8.13. The molecule has 4 rings (SSSR count). The Morgan fingerprint density at radius 3 is 2.57 bits per heavy atom. The number of piperazine rings is 1. The largest absolute Gasteiger partial charge is 0.492 e. The molecule has 1 heterocycles. The number of hydrogen-bond donors (Lipinski definition) is 1. The molecule has 1 saturated heterocycles. The van der Waals surface area contributed by atoms with Gasteiger partial charge in [-0.2, -0.15) is 0 Å². The van der Waals surface area contributed by atoms with Gasteiger partial charge in [0.25, 0.3) is 0 Å². The normalized spacial score (nSPS) is 19.8. The highest BCUT2D eigenvalue weighted by atomic mass is 35.5. The molecule has 0 bridgehead atoms. The van der Waals surface area contributed by atoms with E-state index in [2.05, 4.69) is 39.4 Å². The van der Waals surface area contributed by atoms with Crippen LogP contribution in [-0.2, 0) is 11.2 Å². The Kier molecular flexibility index (Phi) is 7.26. The van der Waals surface area contributed by atoms with Crippen molar-refractivity contribution in [1.29, 1.82) is 0 Å². The predicted molar refractivity (Wildman–Crippen MR) is 120 cm³/mol. The maximum atomic E-state index is 12.6. The Balaban J connectivity index is 1.16. The van der Waals surface area contributed by atoms with Crippen LogP contribution in [0.5, 0.6) is 5.75 Å². The number of halogens is 1. The van der Waals surface area contributed by atoms with Gasteiger partial charge < -0.3 is 10.1 Å². The molecule has 1 aliphatic carbocycles. The smallest absolute Gasteiger partial charge is 0.234 e. The Morgan fingerprint density at radius 2 is 1.77 bits per heavy atom. The first-order valence-electron chi connectivity index (χ1n) is 10.9. The summed E-state index contributed by atoms with van der Waals surface area (Å²) in [5, 5.41) is 3.98. The minimum atomic E-state index is 0.135. The van der Waals surface area contributed by atoms with Crippen LogP contribution in [0.1, 0.15) is 30.0 Å². The van der Waals surface area contributed by atoms with Crippen molar-refractivity contribution in [3.05, 3.63) is 64.7 Å². The minimum Gasteiger partial charge on any atom is -0.492 e. The van der Waals surface area contributed by atoms with E-state index < -0.39 is 0 Å². The van der Waals surface area contributed by atoms with Crippen molar-refractivity contribution in [3.8, 4) is 5.75 Å². The number of hydrogen-bond acceptors (Lipinski definition) is 4. The number of carbonyl (C=O) groups is 1. The zero-order chi connectivity index (χ0) is 20.8. The molecule has 6 heteroatoms. The van der Waals surface area contributed by atoms with Crippen LogP contribution < -0.4 is 10.1 Å². The van der Waals surface area contributed by atoms with Gasteiger partial charge in [-0.05, 0) is 54.7 Å². The fourth-order valence-corrected chi connectivity index (χ4v) is 4.47. The zero-order valence-electron chi connectivity index (χ0n) is 17.4. The molecule has 160 valence electrons. The molecule has 0 aromatic heterocycles. The summed E-state index contributed by atoms with van der Waals surface area (Å²) in [7, 11) is 0. The number of fused-ring (bicyclic) bond motifs is 1. The number of benzene rings is 2. The van der Waals surface area contributed by atoms with Gasteiger partial charge in [0.1, 0.15) is 12.4 Å². The quantitative estimate of drug-likeness (QED) is 0.734. The number of rotatable bonds is 7. The summed E-state index contributed by atoms with van der Waals surface area (Å²) in [6.45, 7) is 5.77. The van der Waals surface area contributed by atoms with Crippen LogP contribution in [-0.4, -0.2) is 61.6 Å². The molecule has 5 nitrogen and oxygen atoms in total. The van der Waals surface area contributed by atoms with Crippen LogP contribution in [0.3, 0.4) is 0 Å². The van der Waals surface area contributed by atoms with E-state index in [4.69, 9.17) is 16.3 Å². The number of carbonyl (C=O) groups excluding carboxylic acids is 1. The molecule has 1 aliphatic heterocycles. The molecule has 2 aliphatic rings. The number of ether oxygens (including phenoxy) is 1. The van der Waals surface area contributed by atoms with Gasteiger partial charge in [0.15, 0.2) is 0 Å².